The summed E-state index contributed by atoms with van der Waals surface area (Å²) in [5.74, 6) is -0.180. The summed E-state index contributed by atoms with van der Waals surface area (Å²) >= 11 is 7.32. The summed E-state index contributed by atoms with van der Waals surface area (Å²) in [6.45, 7) is 0. The highest BCUT2D eigenvalue weighted by atomic mass is 79.9. The zero-order chi connectivity index (χ0) is 14.4. The standard InChI is InChI=1S/C17H17Br2F/c18-12-17(13-19,10-14-4-2-1-3-5-14)11-15-6-8-16(20)9-7-15/h1-9H,10-13H2. The number of rotatable bonds is 6. The first-order valence-corrected chi connectivity index (χ1v) is 8.82. The minimum absolute atomic E-state index is 0.0964. The van der Waals surface area contributed by atoms with Crippen molar-refractivity contribution in [1.82, 2.24) is 0 Å². The molecule has 0 radical (unpaired) electrons. The molecule has 3 heteroatoms. The maximum absolute atomic E-state index is 13.0. The second-order valence-electron chi connectivity index (χ2n) is 5.23. The minimum atomic E-state index is -0.180. The number of alkyl halides is 2. The van der Waals surface area contributed by atoms with Crippen LogP contribution in [0, 0.1) is 11.2 Å². The lowest BCUT2D eigenvalue weighted by Gasteiger charge is -2.30. The Kier molecular flexibility index (Phi) is 5.79. The van der Waals surface area contributed by atoms with Gasteiger partial charge in [-0.25, -0.2) is 4.39 Å². The van der Waals surface area contributed by atoms with Crippen LogP contribution in [0.25, 0.3) is 0 Å². The van der Waals surface area contributed by atoms with Crippen molar-refractivity contribution in [1.29, 1.82) is 0 Å². The zero-order valence-corrected chi connectivity index (χ0v) is 14.3. The molecule has 0 amide bonds. The average Bonchev–Trinajstić information content (AvgIpc) is 2.50. The first kappa shape index (κ1) is 15.7. The third kappa shape index (κ3) is 4.16. The predicted molar refractivity (Wildman–Crippen MR) is 90.3 cm³/mol. The smallest absolute Gasteiger partial charge is 0.123 e. The Hall–Kier alpha value is -0.670. The Labute approximate surface area is 136 Å². The lowest BCUT2D eigenvalue weighted by Crippen LogP contribution is -2.30. The summed E-state index contributed by atoms with van der Waals surface area (Å²) in [4.78, 5) is 0. The van der Waals surface area contributed by atoms with Crippen molar-refractivity contribution in [2.24, 2.45) is 5.41 Å². The molecule has 106 valence electrons. The summed E-state index contributed by atoms with van der Waals surface area (Å²) in [6, 6.07) is 17.3. The van der Waals surface area contributed by atoms with Crippen molar-refractivity contribution in [2.45, 2.75) is 12.8 Å². The van der Waals surface area contributed by atoms with E-state index in [4.69, 9.17) is 0 Å². The van der Waals surface area contributed by atoms with E-state index >= 15 is 0 Å². The molecule has 0 saturated carbocycles. The molecule has 0 aliphatic rings. The lowest BCUT2D eigenvalue weighted by atomic mass is 9.80. The van der Waals surface area contributed by atoms with Gasteiger partial charge in [0.1, 0.15) is 5.82 Å². The number of hydrogen-bond donors (Lipinski definition) is 0. The largest absolute Gasteiger partial charge is 0.207 e. The van der Waals surface area contributed by atoms with E-state index in [1.54, 1.807) is 0 Å². The fourth-order valence-corrected chi connectivity index (χ4v) is 4.07. The molecule has 0 heterocycles. The monoisotopic (exact) mass is 398 g/mol. The molecule has 0 unspecified atom stereocenters. The maximum atomic E-state index is 13.0. The fourth-order valence-electron chi connectivity index (χ4n) is 2.35. The molecule has 0 spiro atoms. The highest BCUT2D eigenvalue weighted by molar-refractivity contribution is 9.09. The summed E-state index contributed by atoms with van der Waals surface area (Å²) in [6.07, 6.45) is 1.90. The van der Waals surface area contributed by atoms with Gasteiger partial charge in [0.2, 0.25) is 0 Å². The van der Waals surface area contributed by atoms with Crippen molar-refractivity contribution in [2.75, 3.05) is 10.7 Å². The second kappa shape index (κ2) is 7.37. The number of halogens is 3. The third-order valence-electron chi connectivity index (χ3n) is 3.48. The van der Waals surface area contributed by atoms with Gasteiger partial charge in [-0.3, -0.25) is 0 Å². The van der Waals surface area contributed by atoms with Gasteiger partial charge in [-0.2, -0.15) is 0 Å². The minimum Gasteiger partial charge on any atom is -0.207 e. The van der Waals surface area contributed by atoms with Crippen LogP contribution < -0.4 is 0 Å². The molecule has 0 N–H and O–H groups in total. The quantitative estimate of drug-likeness (QED) is 0.571. The van der Waals surface area contributed by atoms with E-state index in [0.29, 0.717) is 0 Å². The maximum Gasteiger partial charge on any atom is 0.123 e. The van der Waals surface area contributed by atoms with E-state index in [2.05, 4.69) is 56.1 Å². The highest BCUT2D eigenvalue weighted by Gasteiger charge is 2.28. The Morgan fingerprint density at radius 1 is 0.750 bits per heavy atom. The Morgan fingerprint density at radius 3 is 1.75 bits per heavy atom. The molecule has 0 aliphatic carbocycles. The van der Waals surface area contributed by atoms with Crippen molar-refractivity contribution in [3.63, 3.8) is 0 Å². The average molecular weight is 400 g/mol. The lowest BCUT2D eigenvalue weighted by molar-refractivity contribution is 0.386. The van der Waals surface area contributed by atoms with Crippen LogP contribution >= 0.6 is 31.9 Å². The second-order valence-corrected chi connectivity index (χ2v) is 6.35. The molecular formula is C17H17Br2F. The van der Waals surface area contributed by atoms with E-state index in [1.807, 2.05) is 18.2 Å². The van der Waals surface area contributed by atoms with Crippen LogP contribution in [0.5, 0.6) is 0 Å². The fraction of sp³-hybridized carbons (Fsp3) is 0.294. The van der Waals surface area contributed by atoms with Crippen LogP contribution in [0.15, 0.2) is 54.6 Å². The molecule has 0 fully saturated rings. The number of benzene rings is 2. The van der Waals surface area contributed by atoms with Gasteiger partial charge in [0.15, 0.2) is 0 Å². The van der Waals surface area contributed by atoms with E-state index in [9.17, 15) is 4.39 Å². The van der Waals surface area contributed by atoms with Gasteiger partial charge in [-0.05, 0) is 41.5 Å². The normalized spacial score (nSPS) is 11.6. The Bertz CT molecular complexity index is 518. The van der Waals surface area contributed by atoms with Gasteiger partial charge in [0.05, 0.1) is 0 Å². The van der Waals surface area contributed by atoms with Crippen LogP contribution in [0.1, 0.15) is 11.1 Å². The van der Waals surface area contributed by atoms with Crippen LogP contribution in [0.4, 0.5) is 4.39 Å². The van der Waals surface area contributed by atoms with Crippen molar-refractivity contribution < 1.29 is 4.39 Å². The molecule has 0 saturated heterocycles. The van der Waals surface area contributed by atoms with Gasteiger partial charge < -0.3 is 0 Å². The first-order valence-electron chi connectivity index (χ1n) is 6.58. The van der Waals surface area contributed by atoms with Crippen molar-refractivity contribution in [3.8, 4) is 0 Å². The molecule has 2 aromatic carbocycles. The zero-order valence-electron chi connectivity index (χ0n) is 11.2. The molecule has 0 atom stereocenters. The van der Waals surface area contributed by atoms with E-state index in [0.717, 1.165) is 23.5 Å². The van der Waals surface area contributed by atoms with Crippen LogP contribution in [-0.2, 0) is 12.8 Å². The van der Waals surface area contributed by atoms with Gasteiger partial charge >= 0.3 is 0 Å². The topological polar surface area (TPSA) is 0 Å². The Morgan fingerprint density at radius 2 is 1.25 bits per heavy atom. The summed E-state index contributed by atoms with van der Waals surface area (Å²) in [5.41, 5.74) is 2.59. The molecule has 0 aliphatic heterocycles. The van der Waals surface area contributed by atoms with E-state index in [1.165, 1.54) is 23.3 Å². The molecule has 0 bridgehead atoms. The molecule has 0 aromatic heterocycles. The predicted octanol–water partition coefficient (Wildman–Crippen LogP) is 5.39. The molecule has 2 aromatic rings. The van der Waals surface area contributed by atoms with Gasteiger partial charge in [-0.1, -0.05) is 74.3 Å². The summed E-state index contributed by atoms with van der Waals surface area (Å²) < 4.78 is 13.0. The van der Waals surface area contributed by atoms with Crippen LogP contribution in [0.2, 0.25) is 0 Å². The molecule has 20 heavy (non-hydrogen) atoms. The third-order valence-corrected chi connectivity index (χ3v) is 5.86. The van der Waals surface area contributed by atoms with Crippen molar-refractivity contribution >= 4 is 31.9 Å². The van der Waals surface area contributed by atoms with Gasteiger partial charge in [-0.15, -0.1) is 0 Å². The van der Waals surface area contributed by atoms with E-state index < -0.39 is 0 Å². The summed E-state index contributed by atoms with van der Waals surface area (Å²) in [7, 11) is 0. The highest BCUT2D eigenvalue weighted by Crippen LogP contribution is 2.32. The van der Waals surface area contributed by atoms with Crippen molar-refractivity contribution in [3.05, 3.63) is 71.5 Å². The molecule has 2 rings (SSSR count). The summed E-state index contributed by atoms with van der Waals surface area (Å²) in [5, 5.41) is 1.80. The van der Waals surface area contributed by atoms with Crippen LogP contribution in [0.3, 0.4) is 0 Å². The van der Waals surface area contributed by atoms with E-state index in [-0.39, 0.29) is 11.2 Å². The molecular weight excluding hydrogens is 383 g/mol. The number of hydrogen-bond acceptors (Lipinski definition) is 0. The van der Waals surface area contributed by atoms with Crippen LogP contribution in [-0.4, -0.2) is 10.7 Å². The SMILES string of the molecule is Fc1ccc(CC(CBr)(CBr)Cc2ccccc2)cc1. The Balaban J connectivity index is 2.18. The molecule has 0 nitrogen and oxygen atoms in total. The van der Waals surface area contributed by atoms with Gasteiger partial charge in [0, 0.05) is 10.7 Å². The van der Waals surface area contributed by atoms with Gasteiger partial charge in [0.25, 0.3) is 0 Å². The first-order chi connectivity index (χ1) is 9.67.